The molecular formula is C18H30N2. The van der Waals surface area contributed by atoms with Gasteiger partial charge in [0, 0.05) is 25.2 Å². The van der Waals surface area contributed by atoms with Crippen LogP contribution in [0.2, 0.25) is 0 Å². The van der Waals surface area contributed by atoms with E-state index >= 15 is 0 Å². The molecule has 3 atom stereocenters. The number of nitrogens with one attached hydrogen (secondary N) is 1. The molecule has 2 rings (SSSR count). The predicted octanol–water partition coefficient (Wildman–Crippen LogP) is 3.77. The van der Waals surface area contributed by atoms with E-state index in [4.69, 9.17) is 0 Å². The number of benzene rings is 1. The minimum atomic E-state index is 0.522. The van der Waals surface area contributed by atoms with Crippen LogP contribution < -0.4 is 5.32 Å². The van der Waals surface area contributed by atoms with Crippen LogP contribution in [-0.4, -0.2) is 30.6 Å². The first kappa shape index (κ1) is 15.5. The van der Waals surface area contributed by atoms with Gasteiger partial charge in [-0.05, 0) is 50.3 Å². The molecule has 1 aliphatic heterocycles. The standard InChI is InChI=1S/C18H30N2/c1-5-17-10-11-20(13-14(2)12-19-17)16(4)18-9-7-6-8-15(18)3/h6-9,14,16-17,19H,5,10-13H2,1-4H3. The topological polar surface area (TPSA) is 15.3 Å². The molecular weight excluding hydrogens is 244 g/mol. The van der Waals surface area contributed by atoms with Gasteiger partial charge in [-0.25, -0.2) is 0 Å². The van der Waals surface area contributed by atoms with E-state index in [0.717, 1.165) is 12.5 Å². The zero-order valence-corrected chi connectivity index (χ0v) is 13.5. The van der Waals surface area contributed by atoms with Gasteiger partial charge in [0.25, 0.3) is 0 Å². The fourth-order valence-corrected chi connectivity index (χ4v) is 3.30. The summed E-state index contributed by atoms with van der Waals surface area (Å²) in [5.41, 5.74) is 2.90. The Balaban J connectivity index is 2.10. The molecule has 2 nitrogen and oxygen atoms in total. The monoisotopic (exact) mass is 274 g/mol. The zero-order chi connectivity index (χ0) is 14.5. The third kappa shape index (κ3) is 3.83. The molecule has 1 aromatic rings. The van der Waals surface area contributed by atoms with E-state index < -0.39 is 0 Å². The SMILES string of the molecule is CCC1CCN(C(C)c2ccccc2C)CC(C)CN1. The third-order valence-corrected chi connectivity index (χ3v) is 4.75. The Labute approximate surface area is 124 Å². The van der Waals surface area contributed by atoms with Crippen molar-refractivity contribution in [2.45, 2.75) is 52.6 Å². The second-order valence-electron chi connectivity index (χ2n) is 6.43. The fraction of sp³-hybridized carbons (Fsp3) is 0.667. The Morgan fingerprint density at radius 1 is 1.35 bits per heavy atom. The normalized spacial score (nSPS) is 26.8. The molecule has 1 heterocycles. The van der Waals surface area contributed by atoms with Gasteiger partial charge in [0.1, 0.15) is 0 Å². The molecule has 3 unspecified atom stereocenters. The van der Waals surface area contributed by atoms with Crippen LogP contribution in [0.3, 0.4) is 0 Å². The van der Waals surface area contributed by atoms with Gasteiger partial charge in [-0.15, -0.1) is 0 Å². The number of aryl methyl sites for hydroxylation is 1. The highest BCUT2D eigenvalue weighted by Crippen LogP contribution is 2.25. The second kappa shape index (κ2) is 7.24. The average Bonchev–Trinajstić information content (AvgIpc) is 2.43. The molecule has 0 bridgehead atoms. The number of hydrogen-bond acceptors (Lipinski definition) is 2. The quantitative estimate of drug-likeness (QED) is 0.902. The summed E-state index contributed by atoms with van der Waals surface area (Å²) in [5.74, 6) is 0.718. The van der Waals surface area contributed by atoms with Crippen molar-refractivity contribution in [3.63, 3.8) is 0 Å². The lowest BCUT2D eigenvalue weighted by molar-refractivity contribution is 0.153. The van der Waals surface area contributed by atoms with Gasteiger partial charge in [0.05, 0.1) is 0 Å². The summed E-state index contributed by atoms with van der Waals surface area (Å²) in [6, 6.07) is 10.0. The van der Waals surface area contributed by atoms with Crippen molar-refractivity contribution in [1.82, 2.24) is 10.2 Å². The van der Waals surface area contributed by atoms with Crippen molar-refractivity contribution in [3.05, 3.63) is 35.4 Å². The van der Waals surface area contributed by atoms with E-state index in [0.29, 0.717) is 12.1 Å². The van der Waals surface area contributed by atoms with Crippen LogP contribution in [-0.2, 0) is 0 Å². The molecule has 1 N–H and O–H groups in total. The highest BCUT2D eigenvalue weighted by atomic mass is 15.2. The molecule has 0 saturated carbocycles. The van der Waals surface area contributed by atoms with Gasteiger partial charge >= 0.3 is 0 Å². The predicted molar refractivity (Wildman–Crippen MR) is 87.0 cm³/mol. The number of hydrogen-bond donors (Lipinski definition) is 1. The van der Waals surface area contributed by atoms with Crippen molar-refractivity contribution in [2.24, 2.45) is 5.92 Å². The maximum Gasteiger partial charge on any atom is 0.0322 e. The van der Waals surface area contributed by atoms with E-state index in [2.05, 4.69) is 62.2 Å². The van der Waals surface area contributed by atoms with Gasteiger partial charge in [0.15, 0.2) is 0 Å². The Bertz CT molecular complexity index is 416. The Morgan fingerprint density at radius 3 is 2.80 bits per heavy atom. The van der Waals surface area contributed by atoms with Gasteiger partial charge in [-0.2, -0.15) is 0 Å². The summed E-state index contributed by atoms with van der Waals surface area (Å²) in [4.78, 5) is 2.68. The number of nitrogens with zero attached hydrogens (tertiary/aromatic N) is 1. The van der Waals surface area contributed by atoms with Crippen LogP contribution in [0.15, 0.2) is 24.3 Å². The summed E-state index contributed by atoms with van der Waals surface area (Å²) in [6.07, 6.45) is 2.50. The molecule has 0 aromatic heterocycles. The van der Waals surface area contributed by atoms with Crippen LogP contribution in [0.5, 0.6) is 0 Å². The maximum absolute atomic E-state index is 3.70. The molecule has 1 saturated heterocycles. The minimum Gasteiger partial charge on any atom is -0.314 e. The van der Waals surface area contributed by atoms with Gasteiger partial charge in [-0.1, -0.05) is 38.1 Å². The van der Waals surface area contributed by atoms with Crippen molar-refractivity contribution in [1.29, 1.82) is 0 Å². The summed E-state index contributed by atoms with van der Waals surface area (Å²) >= 11 is 0. The molecule has 1 fully saturated rings. The van der Waals surface area contributed by atoms with Gasteiger partial charge in [0.2, 0.25) is 0 Å². The largest absolute Gasteiger partial charge is 0.314 e. The van der Waals surface area contributed by atoms with Crippen molar-refractivity contribution < 1.29 is 0 Å². The molecule has 1 aliphatic rings. The van der Waals surface area contributed by atoms with Crippen LogP contribution in [0.4, 0.5) is 0 Å². The second-order valence-corrected chi connectivity index (χ2v) is 6.43. The Kier molecular flexibility index (Phi) is 5.62. The van der Waals surface area contributed by atoms with Gasteiger partial charge in [-0.3, -0.25) is 4.90 Å². The summed E-state index contributed by atoms with van der Waals surface area (Å²) in [5, 5.41) is 3.70. The van der Waals surface area contributed by atoms with E-state index in [1.807, 2.05) is 0 Å². The number of rotatable bonds is 3. The lowest BCUT2D eigenvalue weighted by Crippen LogP contribution is -2.44. The molecule has 0 aliphatic carbocycles. The molecule has 112 valence electrons. The van der Waals surface area contributed by atoms with E-state index in [-0.39, 0.29) is 0 Å². The van der Waals surface area contributed by atoms with E-state index in [1.54, 1.807) is 0 Å². The van der Waals surface area contributed by atoms with E-state index in [9.17, 15) is 0 Å². The highest BCUT2D eigenvalue weighted by molar-refractivity contribution is 5.28. The van der Waals surface area contributed by atoms with Crippen molar-refractivity contribution in [2.75, 3.05) is 19.6 Å². The van der Waals surface area contributed by atoms with Crippen LogP contribution in [0, 0.1) is 12.8 Å². The molecule has 0 spiro atoms. The van der Waals surface area contributed by atoms with Crippen molar-refractivity contribution in [3.8, 4) is 0 Å². The minimum absolute atomic E-state index is 0.522. The zero-order valence-electron chi connectivity index (χ0n) is 13.5. The van der Waals surface area contributed by atoms with Crippen LogP contribution in [0.25, 0.3) is 0 Å². The Morgan fingerprint density at radius 2 is 2.10 bits per heavy atom. The summed E-state index contributed by atoms with van der Waals surface area (Å²) in [7, 11) is 0. The fourth-order valence-electron chi connectivity index (χ4n) is 3.30. The third-order valence-electron chi connectivity index (χ3n) is 4.75. The maximum atomic E-state index is 3.70. The average molecular weight is 274 g/mol. The van der Waals surface area contributed by atoms with Gasteiger partial charge < -0.3 is 5.32 Å². The summed E-state index contributed by atoms with van der Waals surface area (Å²) < 4.78 is 0. The smallest absolute Gasteiger partial charge is 0.0322 e. The molecule has 20 heavy (non-hydrogen) atoms. The first-order valence-electron chi connectivity index (χ1n) is 8.14. The van der Waals surface area contributed by atoms with Crippen LogP contribution >= 0.6 is 0 Å². The molecule has 0 amide bonds. The lowest BCUT2D eigenvalue weighted by atomic mass is 9.98. The first-order chi connectivity index (χ1) is 9.61. The molecule has 2 heteroatoms. The first-order valence-corrected chi connectivity index (χ1v) is 8.14. The lowest BCUT2D eigenvalue weighted by Gasteiger charge is -2.36. The molecule has 0 radical (unpaired) electrons. The van der Waals surface area contributed by atoms with Crippen molar-refractivity contribution >= 4 is 0 Å². The van der Waals surface area contributed by atoms with Crippen LogP contribution in [0.1, 0.15) is 50.8 Å². The Hall–Kier alpha value is -0.860. The molecule has 1 aromatic carbocycles. The highest BCUT2D eigenvalue weighted by Gasteiger charge is 2.22. The van der Waals surface area contributed by atoms with E-state index in [1.165, 1.54) is 37.1 Å². The summed E-state index contributed by atoms with van der Waals surface area (Å²) in [6.45, 7) is 12.8.